The van der Waals surface area contributed by atoms with E-state index >= 15 is 0 Å². The van der Waals surface area contributed by atoms with Crippen LogP contribution in [0.25, 0.3) is 11.0 Å². The van der Waals surface area contributed by atoms with Crippen LogP contribution in [-0.4, -0.2) is 20.6 Å². The fraction of sp³-hybridized carbons (Fsp3) is 0.429. The number of rotatable bonds is 4. The van der Waals surface area contributed by atoms with Gasteiger partial charge in [-0.1, -0.05) is 6.92 Å². The second-order valence-electron chi connectivity index (χ2n) is 5.39. The number of H-pyrrole nitrogens is 1. The Morgan fingerprint density at radius 3 is 2.89 bits per heavy atom. The quantitative estimate of drug-likeness (QED) is 0.883. The van der Waals surface area contributed by atoms with E-state index < -0.39 is 5.97 Å². The summed E-state index contributed by atoms with van der Waals surface area (Å²) in [6.45, 7) is 2.79. The zero-order chi connectivity index (χ0) is 13.6. The number of carboxylic acids is 1. The van der Waals surface area contributed by atoms with Gasteiger partial charge in [-0.15, -0.1) is 0 Å². The fourth-order valence-corrected chi connectivity index (χ4v) is 2.57. The summed E-state index contributed by atoms with van der Waals surface area (Å²) < 4.78 is 1.66. The van der Waals surface area contributed by atoms with Crippen molar-refractivity contribution in [2.24, 2.45) is 11.8 Å². The SMILES string of the molecule is CC(Cn1c(=O)[nH]c2ccc(C(=O)O)cc21)C1CC1. The van der Waals surface area contributed by atoms with Crippen molar-refractivity contribution in [3.05, 3.63) is 34.2 Å². The number of aromatic amines is 1. The van der Waals surface area contributed by atoms with E-state index in [2.05, 4.69) is 11.9 Å². The predicted molar refractivity (Wildman–Crippen MR) is 71.4 cm³/mol. The first kappa shape index (κ1) is 12.0. The van der Waals surface area contributed by atoms with Gasteiger partial charge in [0.25, 0.3) is 0 Å². The van der Waals surface area contributed by atoms with Crippen molar-refractivity contribution in [3.8, 4) is 0 Å². The molecule has 100 valence electrons. The number of aromatic carboxylic acids is 1. The van der Waals surface area contributed by atoms with E-state index in [1.54, 1.807) is 16.7 Å². The average Bonchev–Trinajstić information content (AvgIpc) is 3.16. The number of imidazole rings is 1. The molecule has 2 aromatic rings. The maximum atomic E-state index is 12.0. The molecule has 0 saturated heterocycles. The first-order valence-corrected chi connectivity index (χ1v) is 6.52. The molecule has 5 heteroatoms. The fourth-order valence-electron chi connectivity index (χ4n) is 2.57. The summed E-state index contributed by atoms with van der Waals surface area (Å²) in [5, 5.41) is 9.02. The Labute approximate surface area is 109 Å². The minimum atomic E-state index is -0.975. The third kappa shape index (κ3) is 2.16. The third-order valence-corrected chi connectivity index (χ3v) is 3.92. The summed E-state index contributed by atoms with van der Waals surface area (Å²) in [6.07, 6.45) is 2.47. The van der Waals surface area contributed by atoms with Gasteiger partial charge >= 0.3 is 11.7 Å². The van der Waals surface area contributed by atoms with Crippen molar-refractivity contribution in [1.29, 1.82) is 0 Å². The number of nitrogens with one attached hydrogen (secondary N) is 1. The summed E-state index contributed by atoms with van der Waals surface area (Å²) in [5.41, 5.74) is 1.42. The van der Waals surface area contributed by atoms with Crippen LogP contribution in [0.2, 0.25) is 0 Å². The summed E-state index contributed by atoms with van der Waals surface area (Å²) in [6, 6.07) is 4.73. The Morgan fingerprint density at radius 2 is 2.26 bits per heavy atom. The summed E-state index contributed by atoms with van der Waals surface area (Å²) in [7, 11) is 0. The Hall–Kier alpha value is -2.04. The summed E-state index contributed by atoms with van der Waals surface area (Å²) in [4.78, 5) is 25.7. The van der Waals surface area contributed by atoms with E-state index in [0.29, 0.717) is 29.4 Å². The van der Waals surface area contributed by atoms with Crippen LogP contribution in [0, 0.1) is 11.8 Å². The van der Waals surface area contributed by atoms with Gasteiger partial charge in [0.05, 0.1) is 16.6 Å². The van der Waals surface area contributed by atoms with Crippen LogP contribution in [-0.2, 0) is 6.54 Å². The van der Waals surface area contributed by atoms with Gasteiger partial charge in [0.15, 0.2) is 0 Å². The molecule has 0 amide bonds. The topological polar surface area (TPSA) is 75.1 Å². The van der Waals surface area contributed by atoms with E-state index in [9.17, 15) is 9.59 Å². The number of nitrogens with zero attached hydrogens (tertiary/aromatic N) is 1. The monoisotopic (exact) mass is 260 g/mol. The molecule has 1 saturated carbocycles. The van der Waals surface area contributed by atoms with Crippen molar-refractivity contribution in [1.82, 2.24) is 9.55 Å². The van der Waals surface area contributed by atoms with Crippen LogP contribution in [0.5, 0.6) is 0 Å². The van der Waals surface area contributed by atoms with Gasteiger partial charge in [0, 0.05) is 6.54 Å². The molecule has 1 atom stereocenters. The van der Waals surface area contributed by atoms with Crippen LogP contribution in [0.15, 0.2) is 23.0 Å². The van der Waals surface area contributed by atoms with E-state index in [0.717, 1.165) is 0 Å². The Balaban J connectivity index is 2.05. The standard InChI is InChI=1S/C14H16N2O3/c1-8(9-2-3-9)7-16-12-6-10(13(17)18)4-5-11(12)15-14(16)19/h4-6,8-9H,2-3,7H2,1H3,(H,15,19)(H,17,18). The lowest BCUT2D eigenvalue weighted by Crippen LogP contribution is -2.21. The number of benzene rings is 1. The first-order chi connectivity index (χ1) is 9.06. The molecule has 1 aromatic heterocycles. The molecular weight excluding hydrogens is 244 g/mol. The summed E-state index contributed by atoms with van der Waals surface area (Å²) in [5.74, 6) is 0.182. The highest BCUT2D eigenvalue weighted by molar-refractivity contribution is 5.92. The molecule has 1 aliphatic carbocycles. The number of carbonyl (C=O) groups is 1. The second kappa shape index (κ2) is 4.26. The van der Waals surface area contributed by atoms with Crippen molar-refractivity contribution < 1.29 is 9.90 Å². The highest BCUT2D eigenvalue weighted by atomic mass is 16.4. The maximum absolute atomic E-state index is 12.0. The second-order valence-corrected chi connectivity index (χ2v) is 5.39. The Kier molecular flexibility index (Phi) is 2.69. The lowest BCUT2D eigenvalue weighted by molar-refractivity contribution is 0.0697. The van der Waals surface area contributed by atoms with Gasteiger partial charge in [-0.05, 0) is 42.9 Å². The first-order valence-electron chi connectivity index (χ1n) is 6.52. The molecule has 1 aliphatic rings. The molecule has 5 nitrogen and oxygen atoms in total. The van der Waals surface area contributed by atoms with E-state index in [4.69, 9.17) is 5.11 Å². The molecular formula is C14H16N2O3. The third-order valence-electron chi connectivity index (χ3n) is 3.92. The highest BCUT2D eigenvalue weighted by Crippen LogP contribution is 2.37. The molecule has 0 bridgehead atoms. The number of hydrogen-bond acceptors (Lipinski definition) is 2. The van der Waals surface area contributed by atoms with Crippen molar-refractivity contribution in [2.75, 3.05) is 0 Å². The lowest BCUT2D eigenvalue weighted by atomic mass is 10.1. The van der Waals surface area contributed by atoms with Crippen molar-refractivity contribution in [2.45, 2.75) is 26.3 Å². The Bertz CT molecular complexity index is 694. The van der Waals surface area contributed by atoms with Crippen LogP contribution in [0.1, 0.15) is 30.1 Å². The van der Waals surface area contributed by atoms with E-state index in [-0.39, 0.29) is 11.3 Å². The number of fused-ring (bicyclic) bond motifs is 1. The minimum Gasteiger partial charge on any atom is -0.478 e. The molecule has 1 aromatic carbocycles. The lowest BCUT2D eigenvalue weighted by Gasteiger charge is -2.11. The van der Waals surface area contributed by atoms with Gasteiger partial charge in [0.2, 0.25) is 0 Å². The normalized spacial score (nSPS) is 16.7. The van der Waals surface area contributed by atoms with Crippen molar-refractivity contribution in [3.63, 3.8) is 0 Å². The molecule has 19 heavy (non-hydrogen) atoms. The van der Waals surface area contributed by atoms with Crippen LogP contribution in [0.4, 0.5) is 0 Å². The number of aromatic nitrogens is 2. The minimum absolute atomic E-state index is 0.162. The highest BCUT2D eigenvalue weighted by Gasteiger charge is 2.28. The molecule has 3 rings (SSSR count). The molecule has 0 aliphatic heterocycles. The summed E-state index contributed by atoms with van der Waals surface area (Å²) >= 11 is 0. The Morgan fingerprint density at radius 1 is 1.53 bits per heavy atom. The van der Waals surface area contributed by atoms with Crippen LogP contribution < -0.4 is 5.69 Å². The largest absolute Gasteiger partial charge is 0.478 e. The van der Waals surface area contributed by atoms with Gasteiger partial charge in [-0.25, -0.2) is 9.59 Å². The van der Waals surface area contributed by atoms with Gasteiger partial charge in [0.1, 0.15) is 0 Å². The molecule has 1 heterocycles. The molecule has 1 unspecified atom stereocenters. The average molecular weight is 260 g/mol. The maximum Gasteiger partial charge on any atom is 0.335 e. The van der Waals surface area contributed by atoms with Crippen LogP contribution >= 0.6 is 0 Å². The molecule has 2 N–H and O–H groups in total. The molecule has 0 radical (unpaired) electrons. The smallest absolute Gasteiger partial charge is 0.335 e. The van der Waals surface area contributed by atoms with Crippen molar-refractivity contribution >= 4 is 17.0 Å². The number of hydrogen-bond donors (Lipinski definition) is 2. The zero-order valence-corrected chi connectivity index (χ0v) is 10.7. The molecule has 0 spiro atoms. The zero-order valence-electron chi connectivity index (χ0n) is 10.7. The van der Waals surface area contributed by atoms with Gasteiger partial charge in [-0.3, -0.25) is 4.57 Å². The molecule has 1 fully saturated rings. The predicted octanol–water partition coefficient (Wildman–Crippen LogP) is 2.07. The number of carboxylic acid groups (broad SMARTS) is 1. The van der Waals surface area contributed by atoms with Gasteiger partial charge < -0.3 is 10.1 Å². The van der Waals surface area contributed by atoms with Gasteiger partial charge in [-0.2, -0.15) is 0 Å². The van der Waals surface area contributed by atoms with Crippen LogP contribution in [0.3, 0.4) is 0 Å². The van der Waals surface area contributed by atoms with E-state index in [1.807, 2.05) is 0 Å². The van der Waals surface area contributed by atoms with E-state index in [1.165, 1.54) is 18.9 Å².